The van der Waals surface area contributed by atoms with Crippen molar-refractivity contribution < 1.29 is 13.6 Å². The highest BCUT2D eigenvalue weighted by atomic mass is 35.5. The number of anilines is 2. The van der Waals surface area contributed by atoms with Crippen molar-refractivity contribution in [1.82, 2.24) is 4.98 Å². The van der Waals surface area contributed by atoms with Gasteiger partial charge in [0.25, 0.3) is 0 Å². The lowest BCUT2D eigenvalue weighted by molar-refractivity contribution is -0.116. The standard InChI is InChI=1S/C22H13Cl2F2N3OS/c23-14-3-5-16(24)19(10-14)31-29-18-7-6-17(25)15(21(18)26)4-1-12-9-13-2-8-20(30)28-22(13)27-11-12/h3,5-7,9-11,29H,2,8H2,(H,27,28,30). The third kappa shape index (κ3) is 4.93. The zero-order valence-corrected chi connectivity index (χ0v) is 18.1. The van der Waals surface area contributed by atoms with E-state index >= 15 is 0 Å². The van der Waals surface area contributed by atoms with Gasteiger partial charge in [-0.3, -0.25) is 4.79 Å². The highest BCUT2D eigenvalue weighted by molar-refractivity contribution is 8.00. The van der Waals surface area contributed by atoms with Crippen LogP contribution in [0.25, 0.3) is 0 Å². The first kappa shape index (κ1) is 21.4. The minimum atomic E-state index is -0.823. The van der Waals surface area contributed by atoms with Gasteiger partial charge in [0.1, 0.15) is 11.6 Å². The number of carbonyl (C=O) groups excluding carboxylic acids is 1. The van der Waals surface area contributed by atoms with E-state index < -0.39 is 11.6 Å². The highest BCUT2D eigenvalue weighted by Gasteiger charge is 2.16. The van der Waals surface area contributed by atoms with Crippen molar-refractivity contribution >= 4 is 52.6 Å². The second-order valence-corrected chi connectivity index (χ2v) is 8.28. The maximum atomic E-state index is 14.9. The predicted molar refractivity (Wildman–Crippen MR) is 119 cm³/mol. The van der Waals surface area contributed by atoms with Gasteiger partial charge < -0.3 is 10.0 Å². The Balaban J connectivity index is 1.57. The summed E-state index contributed by atoms with van der Waals surface area (Å²) in [6, 6.07) is 9.08. The molecule has 0 fully saturated rings. The van der Waals surface area contributed by atoms with Crippen molar-refractivity contribution in [3.8, 4) is 11.8 Å². The molecule has 0 unspecified atom stereocenters. The molecule has 0 radical (unpaired) electrons. The largest absolute Gasteiger partial charge is 0.323 e. The summed E-state index contributed by atoms with van der Waals surface area (Å²) in [5.74, 6) is 4.09. The fourth-order valence-corrected chi connectivity index (χ4v) is 4.07. The maximum absolute atomic E-state index is 14.9. The summed E-state index contributed by atoms with van der Waals surface area (Å²) in [7, 11) is 0. The molecule has 0 atom stereocenters. The van der Waals surface area contributed by atoms with Crippen LogP contribution in [0.15, 0.2) is 47.5 Å². The van der Waals surface area contributed by atoms with Gasteiger partial charge >= 0.3 is 0 Å². The van der Waals surface area contributed by atoms with Crippen molar-refractivity contribution in [2.45, 2.75) is 17.7 Å². The van der Waals surface area contributed by atoms with Crippen molar-refractivity contribution in [2.24, 2.45) is 0 Å². The van der Waals surface area contributed by atoms with E-state index in [2.05, 4.69) is 26.9 Å². The molecule has 0 saturated carbocycles. The lowest BCUT2D eigenvalue weighted by Gasteiger charge is -2.15. The van der Waals surface area contributed by atoms with Crippen molar-refractivity contribution in [1.29, 1.82) is 0 Å². The number of carbonyl (C=O) groups is 1. The number of nitrogens with zero attached hydrogens (tertiary/aromatic N) is 1. The molecule has 2 aromatic carbocycles. The molecule has 0 saturated heterocycles. The number of nitrogens with one attached hydrogen (secondary N) is 2. The minimum Gasteiger partial charge on any atom is -0.323 e. The SMILES string of the molecule is O=C1CCc2cc(C#Cc3c(F)ccc(NSc4cc(Cl)ccc4Cl)c3F)cnc2N1. The molecule has 0 aliphatic carbocycles. The van der Waals surface area contributed by atoms with Crippen LogP contribution in [0.3, 0.4) is 0 Å². The van der Waals surface area contributed by atoms with Crippen LogP contribution >= 0.6 is 35.1 Å². The second-order valence-electron chi connectivity index (χ2n) is 6.59. The maximum Gasteiger partial charge on any atom is 0.225 e. The molecule has 9 heteroatoms. The fraction of sp³-hybridized carbons (Fsp3) is 0.0909. The average molecular weight is 476 g/mol. The molecule has 1 amide bonds. The van der Waals surface area contributed by atoms with Crippen molar-refractivity contribution in [2.75, 3.05) is 10.0 Å². The molecule has 4 rings (SSSR count). The molecular weight excluding hydrogens is 463 g/mol. The van der Waals surface area contributed by atoms with Crippen LogP contribution in [0.4, 0.5) is 20.3 Å². The Labute approximate surface area is 191 Å². The molecule has 156 valence electrons. The molecule has 3 aromatic rings. The zero-order chi connectivity index (χ0) is 22.0. The van der Waals surface area contributed by atoms with Crippen LogP contribution in [0.5, 0.6) is 0 Å². The van der Waals surface area contributed by atoms with Crippen LogP contribution in [0.2, 0.25) is 10.0 Å². The molecule has 2 heterocycles. The molecule has 2 N–H and O–H groups in total. The monoisotopic (exact) mass is 475 g/mol. The van der Waals surface area contributed by atoms with Crippen molar-refractivity contribution in [3.63, 3.8) is 0 Å². The van der Waals surface area contributed by atoms with Gasteiger partial charge in [-0.15, -0.1) is 0 Å². The molecular formula is C22H13Cl2F2N3OS. The summed E-state index contributed by atoms with van der Waals surface area (Å²) in [4.78, 5) is 16.2. The smallest absolute Gasteiger partial charge is 0.225 e. The number of hydrogen-bond acceptors (Lipinski definition) is 4. The molecule has 4 nitrogen and oxygen atoms in total. The van der Waals surface area contributed by atoms with E-state index in [9.17, 15) is 13.6 Å². The third-order valence-corrected chi connectivity index (χ3v) is 5.99. The Bertz CT molecular complexity index is 1260. The summed E-state index contributed by atoms with van der Waals surface area (Å²) in [5.41, 5.74) is 1.01. The van der Waals surface area contributed by atoms with E-state index in [0.717, 1.165) is 23.6 Å². The quantitative estimate of drug-likeness (QED) is 0.356. The number of pyridine rings is 1. The second kappa shape index (κ2) is 9.15. The Kier molecular flexibility index (Phi) is 6.33. The van der Waals surface area contributed by atoms with Crippen LogP contribution in [0, 0.1) is 23.5 Å². The third-order valence-electron chi connectivity index (χ3n) is 4.43. The Morgan fingerprint density at radius 3 is 2.77 bits per heavy atom. The van der Waals surface area contributed by atoms with Gasteiger partial charge in [0, 0.05) is 28.1 Å². The van der Waals surface area contributed by atoms with Gasteiger partial charge in [-0.2, -0.15) is 0 Å². The molecule has 0 spiro atoms. The van der Waals surface area contributed by atoms with Crippen LogP contribution < -0.4 is 10.0 Å². The molecule has 1 aliphatic heterocycles. The van der Waals surface area contributed by atoms with E-state index in [1.165, 1.54) is 12.3 Å². The molecule has 1 aliphatic rings. The average Bonchev–Trinajstić information content (AvgIpc) is 2.75. The van der Waals surface area contributed by atoms with Crippen LogP contribution in [-0.4, -0.2) is 10.9 Å². The predicted octanol–water partition coefficient (Wildman–Crippen LogP) is 6.07. The summed E-state index contributed by atoms with van der Waals surface area (Å²) < 4.78 is 32.0. The molecule has 31 heavy (non-hydrogen) atoms. The van der Waals surface area contributed by atoms with Gasteiger partial charge in [0.05, 0.1) is 16.3 Å². The molecule has 1 aromatic heterocycles. The Morgan fingerprint density at radius 2 is 1.94 bits per heavy atom. The normalized spacial score (nSPS) is 12.5. The summed E-state index contributed by atoms with van der Waals surface area (Å²) in [5, 5.41) is 3.60. The molecule has 0 bridgehead atoms. The number of halogens is 4. The first-order valence-electron chi connectivity index (χ1n) is 9.07. The first-order chi connectivity index (χ1) is 14.9. The number of hydrogen-bond donors (Lipinski definition) is 2. The van der Waals surface area contributed by atoms with Gasteiger partial charge in [-0.1, -0.05) is 35.0 Å². The summed E-state index contributed by atoms with van der Waals surface area (Å²) in [6.07, 6.45) is 2.35. The number of rotatable bonds is 3. The number of amides is 1. The topological polar surface area (TPSA) is 54.0 Å². The number of aromatic nitrogens is 1. The lowest BCUT2D eigenvalue weighted by atomic mass is 10.0. The number of benzene rings is 2. The fourth-order valence-electron chi connectivity index (χ4n) is 2.87. The zero-order valence-electron chi connectivity index (χ0n) is 15.7. The van der Waals surface area contributed by atoms with Gasteiger partial charge in [0.15, 0.2) is 5.82 Å². The minimum absolute atomic E-state index is 0.0537. The Morgan fingerprint density at radius 1 is 1.10 bits per heavy atom. The van der Waals surface area contributed by atoms with Gasteiger partial charge in [-0.05, 0) is 60.3 Å². The summed E-state index contributed by atoms with van der Waals surface area (Å²) in [6.45, 7) is 0. The highest BCUT2D eigenvalue weighted by Crippen LogP contribution is 2.32. The van der Waals surface area contributed by atoms with Crippen LogP contribution in [0.1, 0.15) is 23.1 Å². The van der Waals surface area contributed by atoms with Crippen molar-refractivity contribution in [3.05, 3.63) is 81.0 Å². The summed E-state index contributed by atoms with van der Waals surface area (Å²) >= 11 is 13.1. The van der Waals surface area contributed by atoms with E-state index in [0.29, 0.717) is 39.2 Å². The van der Waals surface area contributed by atoms with Gasteiger partial charge in [0.2, 0.25) is 5.91 Å². The van der Waals surface area contributed by atoms with E-state index in [-0.39, 0.29) is 17.2 Å². The number of fused-ring (bicyclic) bond motifs is 1. The van der Waals surface area contributed by atoms with E-state index in [4.69, 9.17) is 23.2 Å². The van der Waals surface area contributed by atoms with E-state index in [1.54, 1.807) is 24.3 Å². The first-order valence-corrected chi connectivity index (χ1v) is 10.6. The Hall–Kier alpha value is -2.79. The lowest BCUT2D eigenvalue weighted by Crippen LogP contribution is -2.20. The van der Waals surface area contributed by atoms with Crippen LogP contribution in [-0.2, 0) is 11.2 Å². The van der Waals surface area contributed by atoms with Gasteiger partial charge in [-0.25, -0.2) is 13.8 Å². The van der Waals surface area contributed by atoms with E-state index in [1.807, 2.05) is 0 Å². The number of aryl methyl sites for hydroxylation is 1.